The molecule has 3 N–H and O–H groups in total. The number of halogens is 1. The number of nitrogens with two attached hydrogens (primary N) is 1. The second-order valence-corrected chi connectivity index (χ2v) is 5.83. The fourth-order valence-corrected chi connectivity index (χ4v) is 2.31. The summed E-state index contributed by atoms with van der Waals surface area (Å²) in [4.78, 5) is 0. The van der Waals surface area contributed by atoms with E-state index in [0.717, 1.165) is 5.56 Å². The molecule has 0 saturated carbocycles. The Labute approximate surface area is 121 Å². The largest absolute Gasteiger partial charge is 0.399 e. The molecule has 19 heavy (non-hydrogen) atoms. The summed E-state index contributed by atoms with van der Waals surface area (Å²) in [6.45, 7) is 2.98. The Hall–Kier alpha value is -0.820. The molecule has 0 aromatic heterocycles. The summed E-state index contributed by atoms with van der Waals surface area (Å²) in [6.07, 6.45) is 0.647. The SMILES string of the molecule is CCOCCS(=O)(=O)NCCc1ccc(N)cc1.Cl. The van der Waals surface area contributed by atoms with Gasteiger partial charge in [-0.1, -0.05) is 12.1 Å². The molecule has 0 bridgehead atoms. The molecule has 0 radical (unpaired) electrons. The highest BCUT2D eigenvalue weighted by atomic mass is 35.5. The minimum Gasteiger partial charge on any atom is -0.399 e. The second-order valence-electron chi connectivity index (χ2n) is 3.90. The van der Waals surface area contributed by atoms with Crippen LogP contribution < -0.4 is 10.5 Å². The lowest BCUT2D eigenvalue weighted by molar-refractivity contribution is 0.163. The third-order valence-electron chi connectivity index (χ3n) is 2.42. The first-order valence-corrected chi connectivity index (χ1v) is 7.58. The molecular weight excluding hydrogens is 288 g/mol. The van der Waals surface area contributed by atoms with Crippen LogP contribution in [0.1, 0.15) is 12.5 Å². The zero-order valence-corrected chi connectivity index (χ0v) is 12.6. The van der Waals surface area contributed by atoms with Crippen molar-refractivity contribution in [2.24, 2.45) is 0 Å². The molecule has 0 aliphatic heterocycles. The lowest BCUT2D eigenvalue weighted by Gasteiger charge is -2.07. The van der Waals surface area contributed by atoms with Crippen molar-refractivity contribution in [3.8, 4) is 0 Å². The normalized spacial score (nSPS) is 11.0. The van der Waals surface area contributed by atoms with Gasteiger partial charge in [0.25, 0.3) is 0 Å². The zero-order valence-electron chi connectivity index (χ0n) is 11.0. The summed E-state index contributed by atoms with van der Waals surface area (Å²) in [7, 11) is -3.23. The van der Waals surface area contributed by atoms with Gasteiger partial charge in [0.15, 0.2) is 0 Å². The Morgan fingerprint density at radius 3 is 2.47 bits per heavy atom. The Morgan fingerprint density at radius 1 is 1.26 bits per heavy atom. The predicted molar refractivity (Wildman–Crippen MR) is 80.1 cm³/mol. The van der Waals surface area contributed by atoms with Crippen molar-refractivity contribution in [1.29, 1.82) is 0 Å². The van der Waals surface area contributed by atoms with Gasteiger partial charge in [0.05, 0.1) is 12.4 Å². The molecule has 7 heteroatoms. The molecule has 1 aromatic rings. The number of hydrogen-bond donors (Lipinski definition) is 2. The van der Waals surface area contributed by atoms with E-state index in [0.29, 0.717) is 25.3 Å². The molecule has 110 valence electrons. The summed E-state index contributed by atoms with van der Waals surface area (Å²) in [5.74, 6) is 0.00256. The quantitative estimate of drug-likeness (QED) is 0.558. The molecule has 0 aliphatic rings. The first-order valence-electron chi connectivity index (χ1n) is 5.93. The van der Waals surface area contributed by atoms with Crippen molar-refractivity contribution in [1.82, 2.24) is 4.72 Å². The summed E-state index contributed by atoms with van der Waals surface area (Å²) in [6, 6.07) is 7.39. The van der Waals surface area contributed by atoms with E-state index in [1.54, 1.807) is 12.1 Å². The summed E-state index contributed by atoms with van der Waals surface area (Å²) >= 11 is 0. The average Bonchev–Trinajstić information content (AvgIpc) is 2.32. The van der Waals surface area contributed by atoms with E-state index in [1.165, 1.54) is 0 Å². The Kier molecular flexibility index (Phi) is 8.75. The average molecular weight is 309 g/mol. The topological polar surface area (TPSA) is 81.4 Å². The van der Waals surface area contributed by atoms with Crippen LogP contribution in [0.25, 0.3) is 0 Å². The number of anilines is 1. The van der Waals surface area contributed by atoms with E-state index in [2.05, 4.69) is 4.72 Å². The second kappa shape index (κ2) is 9.14. The third kappa shape index (κ3) is 8.05. The maximum absolute atomic E-state index is 11.5. The van der Waals surface area contributed by atoms with Crippen molar-refractivity contribution in [3.05, 3.63) is 29.8 Å². The molecule has 1 rings (SSSR count). The van der Waals surface area contributed by atoms with E-state index in [-0.39, 0.29) is 24.8 Å². The Balaban J connectivity index is 0.00000324. The highest BCUT2D eigenvalue weighted by molar-refractivity contribution is 7.89. The van der Waals surface area contributed by atoms with Crippen LogP contribution in [0.15, 0.2) is 24.3 Å². The first kappa shape index (κ1) is 18.2. The van der Waals surface area contributed by atoms with Gasteiger partial charge in [-0.3, -0.25) is 0 Å². The number of sulfonamides is 1. The molecule has 5 nitrogen and oxygen atoms in total. The molecule has 0 saturated heterocycles. The number of rotatable bonds is 8. The van der Waals surface area contributed by atoms with E-state index in [9.17, 15) is 8.42 Å². The zero-order chi connectivity index (χ0) is 13.4. The molecule has 0 unspecified atom stereocenters. The van der Waals surface area contributed by atoms with Crippen molar-refractivity contribution in [3.63, 3.8) is 0 Å². The number of nitrogens with one attached hydrogen (secondary N) is 1. The molecule has 0 heterocycles. The van der Waals surface area contributed by atoms with Gasteiger partial charge in [-0.25, -0.2) is 13.1 Å². The molecule has 1 aromatic carbocycles. The monoisotopic (exact) mass is 308 g/mol. The molecule has 0 atom stereocenters. The molecular formula is C12H21ClN2O3S. The maximum Gasteiger partial charge on any atom is 0.213 e. The standard InChI is InChI=1S/C12H20N2O3S.ClH/c1-2-17-9-10-18(15,16)14-8-7-11-3-5-12(13)6-4-11;/h3-6,14H,2,7-10,13H2,1H3;1H. The van der Waals surface area contributed by atoms with Gasteiger partial charge >= 0.3 is 0 Å². The van der Waals surface area contributed by atoms with Crippen molar-refractivity contribution in [2.75, 3.05) is 31.2 Å². The van der Waals surface area contributed by atoms with Crippen LogP contribution in [0.5, 0.6) is 0 Å². The van der Waals surface area contributed by atoms with Gasteiger partial charge in [-0.2, -0.15) is 0 Å². The molecule has 0 spiro atoms. The fourth-order valence-electron chi connectivity index (χ4n) is 1.42. The number of nitrogen functional groups attached to an aromatic ring is 1. The third-order valence-corrected chi connectivity index (χ3v) is 3.76. The highest BCUT2D eigenvalue weighted by Crippen LogP contribution is 2.05. The van der Waals surface area contributed by atoms with Crippen molar-refractivity contribution < 1.29 is 13.2 Å². The summed E-state index contributed by atoms with van der Waals surface area (Å²) in [5, 5.41) is 0. The number of hydrogen-bond acceptors (Lipinski definition) is 4. The molecule has 0 fully saturated rings. The summed E-state index contributed by atoms with van der Waals surface area (Å²) in [5.41, 5.74) is 7.32. The van der Waals surface area contributed by atoms with Crippen LogP contribution >= 0.6 is 12.4 Å². The van der Waals surface area contributed by atoms with Gasteiger partial charge in [0, 0.05) is 18.8 Å². The number of benzene rings is 1. The van der Waals surface area contributed by atoms with Gasteiger partial charge < -0.3 is 10.5 Å². The van der Waals surface area contributed by atoms with E-state index >= 15 is 0 Å². The van der Waals surface area contributed by atoms with Crippen LogP contribution in [0, 0.1) is 0 Å². The van der Waals surface area contributed by atoms with Gasteiger partial charge in [0.1, 0.15) is 0 Å². The smallest absolute Gasteiger partial charge is 0.213 e. The van der Waals surface area contributed by atoms with Crippen LogP contribution in [-0.4, -0.2) is 33.9 Å². The van der Waals surface area contributed by atoms with Gasteiger partial charge in [0.2, 0.25) is 10.0 Å². The molecule has 0 aliphatic carbocycles. The minimum atomic E-state index is -3.23. The lowest BCUT2D eigenvalue weighted by Crippen LogP contribution is -2.30. The van der Waals surface area contributed by atoms with Crippen LogP contribution in [0.2, 0.25) is 0 Å². The maximum atomic E-state index is 11.5. The minimum absolute atomic E-state index is 0. The Morgan fingerprint density at radius 2 is 1.89 bits per heavy atom. The summed E-state index contributed by atoms with van der Waals surface area (Å²) < 4.78 is 30.6. The highest BCUT2D eigenvalue weighted by Gasteiger charge is 2.08. The van der Waals surface area contributed by atoms with Gasteiger partial charge in [-0.15, -0.1) is 12.4 Å². The van der Waals surface area contributed by atoms with E-state index in [1.807, 2.05) is 19.1 Å². The lowest BCUT2D eigenvalue weighted by atomic mass is 10.1. The van der Waals surface area contributed by atoms with Gasteiger partial charge in [-0.05, 0) is 31.0 Å². The first-order chi connectivity index (χ1) is 8.53. The van der Waals surface area contributed by atoms with E-state index in [4.69, 9.17) is 10.5 Å². The van der Waals surface area contributed by atoms with Crippen LogP contribution in [0.3, 0.4) is 0 Å². The predicted octanol–water partition coefficient (Wildman–Crippen LogP) is 1.19. The van der Waals surface area contributed by atoms with Crippen molar-refractivity contribution in [2.45, 2.75) is 13.3 Å². The van der Waals surface area contributed by atoms with Crippen LogP contribution in [0.4, 0.5) is 5.69 Å². The Bertz CT molecular complexity index is 449. The van der Waals surface area contributed by atoms with E-state index < -0.39 is 10.0 Å². The fraction of sp³-hybridized carbons (Fsp3) is 0.500. The number of ether oxygens (including phenoxy) is 1. The van der Waals surface area contributed by atoms with Crippen LogP contribution in [-0.2, 0) is 21.2 Å². The van der Waals surface area contributed by atoms with Crippen molar-refractivity contribution >= 4 is 28.1 Å². The molecule has 0 amide bonds.